The molecular weight excluding hydrogens is 347 g/mol. The minimum atomic E-state index is -0.793. The molecular formula is C20H21FN4O2. The summed E-state index contributed by atoms with van der Waals surface area (Å²) in [4.78, 5) is 24.6. The molecule has 0 aliphatic carbocycles. The van der Waals surface area contributed by atoms with Crippen LogP contribution in [0.4, 0.5) is 15.8 Å². The van der Waals surface area contributed by atoms with Gasteiger partial charge in [0.2, 0.25) is 5.91 Å². The highest BCUT2D eigenvalue weighted by Crippen LogP contribution is 2.26. The van der Waals surface area contributed by atoms with Crippen molar-refractivity contribution in [3.05, 3.63) is 59.4 Å². The van der Waals surface area contributed by atoms with E-state index in [0.717, 1.165) is 23.2 Å². The van der Waals surface area contributed by atoms with Gasteiger partial charge in [0.25, 0.3) is 5.91 Å². The molecule has 7 heteroatoms. The van der Waals surface area contributed by atoms with Crippen LogP contribution in [0.2, 0.25) is 0 Å². The smallest absolute Gasteiger partial charge is 0.271 e. The minimum absolute atomic E-state index is 0.0892. The number of aryl methyl sites for hydroxylation is 2. The molecule has 140 valence electrons. The number of nitrogens with two attached hydrogens (primary N) is 1. The molecule has 1 atom stereocenters. The average Bonchev–Trinajstić information content (AvgIpc) is 3.10. The fourth-order valence-corrected chi connectivity index (χ4v) is 3.09. The lowest BCUT2D eigenvalue weighted by molar-refractivity contribution is -0.119. The van der Waals surface area contributed by atoms with Gasteiger partial charge in [0.05, 0.1) is 5.69 Å². The van der Waals surface area contributed by atoms with Crippen molar-refractivity contribution in [1.29, 1.82) is 0 Å². The van der Waals surface area contributed by atoms with Crippen LogP contribution < -0.4 is 16.1 Å². The second-order valence-corrected chi connectivity index (χ2v) is 6.41. The van der Waals surface area contributed by atoms with E-state index >= 15 is 0 Å². The predicted octanol–water partition coefficient (Wildman–Crippen LogP) is 2.76. The van der Waals surface area contributed by atoms with Gasteiger partial charge in [-0.2, -0.15) is 5.10 Å². The molecule has 0 aromatic heterocycles. The molecule has 3 rings (SSSR count). The molecule has 27 heavy (non-hydrogen) atoms. The Bertz CT molecular complexity index is 909. The fourth-order valence-electron chi connectivity index (χ4n) is 3.09. The molecule has 6 nitrogen and oxygen atoms in total. The van der Waals surface area contributed by atoms with Crippen molar-refractivity contribution in [1.82, 2.24) is 0 Å². The largest absolute Gasteiger partial charge is 0.368 e. The van der Waals surface area contributed by atoms with E-state index in [1.165, 1.54) is 29.3 Å². The number of benzene rings is 2. The summed E-state index contributed by atoms with van der Waals surface area (Å²) in [5, 5.41) is 8.56. The molecule has 0 bridgehead atoms. The number of primary amides is 1. The molecule has 2 aromatic carbocycles. The number of nitrogens with zero attached hydrogens (tertiary/aromatic N) is 2. The van der Waals surface area contributed by atoms with Crippen LogP contribution in [0.15, 0.2) is 47.6 Å². The first-order valence-corrected chi connectivity index (χ1v) is 8.72. The van der Waals surface area contributed by atoms with Crippen LogP contribution in [0.5, 0.6) is 0 Å². The van der Waals surface area contributed by atoms with Crippen LogP contribution in [-0.2, 0) is 16.0 Å². The van der Waals surface area contributed by atoms with Gasteiger partial charge in [-0.05, 0) is 48.7 Å². The maximum Gasteiger partial charge on any atom is 0.271 e. The molecule has 1 unspecified atom stereocenters. The zero-order valence-corrected chi connectivity index (χ0v) is 15.2. The van der Waals surface area contributed by atoms with Gasteiger partial charge in [-0.25, -0.2) is 4.39 Å². The summed E-state index contributed by atoms with van der Waals surface area (Å²) in [5.74, 6) is -1.38. The first-order valence-electron chi connectivity index (χ1n) is 8.72. The summed E-state index contributed by atoms with van der Waals surface area (Å²) in [5.41, 5.74) is 8.89. The first kappa shape index (κ1) is 18.6. The number of carbonyl (C=O) groups is 2. The Morgan fingerprint density at radius 1 is 1.26 bits per heavy atom. The second kappa shape index (κ2) is 7.57. The molecule has 2 aromatic rings. The molecule has 0 saturated carbocycles. The normalized spacial score (nSPS) is 16.2. The van der Waals surface area contributed by atoms with E-state index in [9.17, 15) is 14.0 Å². The molecule has 3 N–H and O–H groups in total. The highest BCUT2D eigenvalue weighted by Gasteiger charge is 2.35. The van der Waals surface area contributed by atoms with Gasteiger partial charge < -0.3 is 11.1 Å². The molecule has 0 saturated heterocycles. The van der Waals surface area contributed by atoms with Gasteiger partial charge in [0.1, 0.15) is 17.6 Å². The van der Waals surface area contributed by atoms with Crippen LogP contribution in [0.25, 0.3) is 0 Å². The monoisotopic (exact) mass is 368 g/mol. The Balaban J connectivity index is 1.88. The molecule has 1 heterocycles. The Hall–Kier alpha value is -3.22. The fraction of sp³-hybridized carbons (Fsp3) is 0.250. The molecule has 1 aliphatic heterocycles. The van der Waals surface area contributed by atoms with Gasteiger partial charge in [0.15, 0.2) is 0 Å². The Morgan fingerprint density at radius 3 is 2.59 bits per heavy atom. The first-order chi connectivity index (χ1) is 12.9. The molecule has 2 amide bonds. The van der Waals surface area contributed by atoms with Crippen molar-refractivity contribution in [3.8, 4) is 0 Å². The summed E-state index contributed by atoms with van der Waals surface area (Å²) >= 11 is 0. The zero-order chi connectivity index (χ0) is 19.6. The number of hydrazone groups is 1. The number of rotatable bonds is 5. The van der Waals surface area contributed by atoms with Crippen molar-refractivity contribution in [3.63, 3.8) is 0 Å². The van der Waals surface area contributed by atoms with E-state index in [0.29, 0.717) is 5.69 Å². The van der Waals surface area contributed by atoms with E-state index in [-0.39, 0.29) is 18.0 Å². The van der Waals surface area contributed by atoms with Crippen LogP contribution in [0.1, 0.15) is 24.5 Å². The lowest BCUT2D eigenvalue weighted by Crippen LogP contribution is -2.39. The topological polar surface area (TPSA) is 87.8 Å². The Kier molecular flexibility index (Phi) is 5.21. The summed E-state index contributed by atoms with van der Waals surface area (Å²) in [6.45, 7) is 3.93. The van der Waals surface area contributed by atoms with Gasteiger partial charge in [0, 0.05) is 12.1 Å². The summed E-state index contributed by atoms with van der Waals surface area (Å²) in [6.07, 6.45) is 0.862. The predicted molar refractivity (Wildman–Crippen MR) is 103 cm³/mol. The van der Waals surface area contributed by atoms with Gasteiger partial charge >= 0.3 is 0 Å². The molecule has 0 fully saturated rings. The summed E-state index contributed by atoms with van der Waals surface area (Å²) in [7, 11) is 0. The Labute approximate surface area is 156 Å². The maximum absolute atomic E-state index is 13.2. The number of nitrogens with one attached hydrogen (secondary N) is 1. The van der Waals surface area contributed by atoms with Gasteiger partial charge in [-0.1, -0.05) is 25.1 Å². The number of halogens is 1. The number of para-hydroxylation sites is 1. The highest BCUT2D eigenvalue weighted by molar-refractivity contribution is 6.44. The standard InChI is InChI=1S/C20H21FN4O2/c1-3-13-6-4-5-12(2)18(13)23-20(27)16-11-17(19(22)26)25(24-16)15-9-7-14(21)8-10-15/h4-10,17H,3,11H2,1-2H3,(H2,22,26)(H,23,27). The van der Waals surface area contributed by atoms with E-state index in [4.69, 9.17) is 5.73 Å². The van der Waals surface area contributed by atoms with Crippen LogP contribution >= 0.6 is 0 Å². The average molecular weight is 368 g/mol. The van der Waals surface area contributed by atoms with Gasteiger partial charge in [-0.15, -0.1) is 0 Å². The van der Waals surface area contributed by atoms with Gasteiger partial charge in [-0.3, -0.25) is 14.6 Å². The third-order valence-corrected chi connectivity index (χ3v) is 4.57. The van der Waals surface area contributed by atoms with Crippen LogP contribution in [0.3, 0.4) is 0 Å². The lowest BCUT2D eigenvalue weighted by atomic mass is 10.0. The van der Waals surface area contributed by atoms with Crippen molar-refractivity contribution in [2.45, 2.75) is 32.7 Å². The number of hydrogen-bond donors (Lipinski definition) is 2. The zero-order valence-electron chi connectivity index (χ0n) is 15.2. The number of anilines is 2. The quantitative estimate of drug-likeness (QED) is 0.851. The van der Waals surface area contributed by atoms with E-state index in [1.807, 2.05) is 32.0 Å². The van der Waals surface area contributed by atoms with Crippen molar-refractivity contribution in [2.75, 3.05) is 10.3 Å². The lowest BCUT2D eigenvalue weighted by Gasteiger charge is -2.20. The molecule has 0 spiro atoms. The third-order valence-electron chi connectivity index (χ3n) is 4.57. The van der Waals surface area contributed by atoms with Crippen LogP contribution in [-0.4, -0.2) is 23.6 Å². The Morgan fingerprint density at radius 2 is 1.96 bits per heavy atom. The minimum Gasteiger partial charge on any atom is -0.368 e. The van der Waals surface area contributed by atoms with Crippen molar-refractivity contribution < 1.29 is 14.0 Å². The number of hydrogen-bond acceptors (Lipinski definition) is 4. The van der Waals surface area contributed by atoms with E-state index in [1.54, 1.807) is 0 Å². The second-order valence-electron chi connectivity index (χ2n) is 6.41. The summed E-state index contributed by atoms with van der Waals surface area (Å²) in [6, 6.07) is 10.5. The van der Waals surface area contributed by atoms with Crippen LogP contribution in [0, 0.1) is 12.7 Å². The van der Waals surface area contributed by atoms with Crippen molar-refractivity contribution in [2.24, 2.45) is 10.8 Å². The highest BCUT2D eigenvalue weighted by atomic mass is 19.1. The third kappa shape index (κ3) is 3.81. The SMILES string of the molecule is CCc1cccc(C)c1NC(=O)C1=NN(c2ccc(F)cc2)C(C(N)=O)C1. The maximum atomic E-state index is 13.2. The van der Waals surface area contributed by atoms with E-state index in [2.05, 4.69) is 10.4 Å². The number of carbonyl (C=O) groups excluding carboxylic acids is 2. The molecule has 1 aliphatic rings. The van der Waals surface area contributed by atoms with E-state index < -0.39 is 17.8 Å². The van der Waals surface area contributed by atoms with Crippen molar-refractivity contribution >= 4 is 28.9 Å². The number of amides is 2. The summed E-state index contributed by atoms with van der Waals surface area (Å²) < 4.78 is 13.2. The molecule has 0 radical (unpaired) electrons.